The summed E-state index contributed by atoms with van der Waals surface area (Å²) in [5.41, 5.74) is 2.39. The molecule has 4 aromatic carbocycles. The lowest BCUT2D eigenvalue weighted by molar-refractivity contribution is -0.153. The van der Waals surface area contributed by atoms with Crippen LogP contribution in [0.5, 0.6) is 0 Å². The lowest BCUT2D eigenvalue weighted by atomic mass is 9.92. The van der Waals surface area contributed by atoms with Crippen LogP contribution in [-0.2, 0) is 29.5 Å². The number of carboxylic acids is 1. The van der Waals surface area contributed by atoms with E-state index in [1.165, 1.54) is 23.1 Å². The molecule has 1 fully saturated rings. The minimum absolute atomic E-state index is 0.0140. The van der Waals surface area contributed by atoms with Gasteiger partial charge in [-0.15, -0.1) is 0 Å². The standard InChI is InChI=1S/C35H27F4NO4/c1-21-6-9-24-4-2-3-5-29(24)31(21)32(41)40(20-28-12-13-30(44-28)35(37,38)39)19-22-7-10-23(11-8-22)25-16-26(18-27(36)17-25)34(14-15-34)33(42)43/h2-13,16-18H,14-15,19-20H2,1H3,(H,42,43). The monoisotopic (exact) mass is 601 g/mol. The van der Waals surface area contributed by atoms with Crippen molar-refractivity contribution in [1.29, 1.82) is 0 Å². The molecule has 0 unspecified atom stereocenters. The van der Waals surface area contributed by atoms with Gasteiger partial charge in [0.05, 0.1) is 17.5 Å². The fourth-order valence-electron chi connectivity index (χ4n) is 5.63. The molecule has 0 bridgehead atoms. The second-order valence-electron chi connectivity index (χ2n) is 11.2. The second kappa shape index (κ2) is 11.0. The van der Waals surface area contributed by atoms with E-state index >= 15 is 0 Å². The van der Waals surface area contributed by atoms with Gasteiger partial charge in [0.15, 0.2) is 0 Å². The Morgan fingerprint density at radius 1 is 0.886 bits per heavy atom. The summed E-state index contributed by atoms with van der Waals surface area (Å²) < 4.78 is 59.4. The zero-order valence-electron chi connectivity index (χ0n) is 23.6. The molecule has 1 aromatic heterocycles. The molecule has 1 heterocycles. The molecule has 0 aliphatic heterocycles. The van der Waals surface area contributed by atoms with Crippen LogP contribution in [0.1, 0.15) is 51.4 Å². The molecule has 1 N–H and O–H groups in total. The Hall–Kier alpha value is -4.92. The van der Waals surface area contributed by atoms with Gasteiger partial charge in [-0.2, -0.15) is 13.2 Å². The van der Waals surface area contributed by atoms with Gasteiger partial charge in [-0.25, -0.2) is 4.39 Å². The van der Waals surface area contributed by atoms with E-state index < -0.39 is 29.1 Å². The predicted molar refractivity (Wildman–Crippen MR) is 156 cm³/mol. The number of carboxylic acid groups (broad SMARTS) is 1. The van der Waals surface area contributed by atoms with Crippen molar-refractivity contribution in [3.05, 3.63) is 131 Å². The number of benzene rings is 4. The van der Waals surface area contributed by atoms with E-state index in [2.05, 4.69) is 0 Å². The van der Waals surface area contributed by atoms with Gasteiger partial charge in [0.1, 0.15) is 11.6 Å². The van der Waals surface area contributed by atoms with Crippen LogP contribution in [0.15, 0.2) is 95.4 Å². The predicted octanol–water partition coefficient (Wildman–Crippen LogP) is 8.52. The molecule has 224 valence electrons. The van der Waals surface area contributed by atoms with E-state index in [9.17, 15) is 32.3 Å². The number of fused-ring (bicyclic) bond motifs is 1. The fraction of sp³-hybridized carbons (Fsp3) is 0.200. The minimum Gasteiger partial charge on any atom is -0.481 e. The van der Waals surface area contributed by atoms with Gasteiger partial charge in [-0.1, -0.05) is 60.7 Å². The van der Waals surface area contributed by atoms with Gasteiger partial charge >= 0.3 is 12.1 Å². The first-order valence-electron chi connectivity index (χ1n) is 14.0. The average molecular weight is 602 g/mol. The van der Waals surface area contributed by atoms with Crippen LogP contribution in [0.2, 0.25) is 0 Å². The van der Waals surface area contributed by atoms with Crippen LogP contribution in [-0.4, -0.2) is 21.9 Å². The zero-order chi connectivity index (χ0) is 31.2. The van der Waals surface area contributed by atoms with E-state index in [4.69, 9.17) is 4.42 Å². The number of carbonyl (C=O) groups excluding carboxylic acids is 1. The van der Waals surface area contributed by atoms with Crippen molar-refractivity contribution in [2.75, 3.05) is 0 Å². The number of alkyl halides is 3. The molecule has 1 saturated carbocycles. The van der Waals surface area contributed by atoms with Crippen molar-refractivity contribution in [1.82, 2.24) is 4.90 Å². The maximum atomic E-state index is 14.5. The van der Waals surface area contributed by atoms with E-state index in [0.717, 1.165) is 22.4 Å². The van der Waals surface area contributed by atoms with Gasteiger partial charge in [0.25, 0.3) is 5.91 Å². The topological polar surface area (TPSA) is 70.8 Å². The van der Waals surface area contributed by atoms with Gasteiger partial charge in [0.2, 0.25) is 5.76 Å². The third-order valence-corrected chi connectivity index (χ3v) is 8.20. The fourth-order valence-corrected chi connectivity index (χ4v) is 5.63. The van der Waals surface area contributed by atoms with Crippen molar-refractivity contribution in [3.8, 4) is 11.1 Å². The number of aryl methyl sites for hydroxylation is 1. The third kappa shape index (κ3) is 5.57. The van der Waals surface area contributed by atoms with Crippen molar-refractivity contribution >= 4 is 22.6 Å². The molecule has 44 heavy (non-hydrogen) atoms. The van der Waals surface area contributed by atoms with Crippen LogP contribution in [0, 0.1) is 12.7 Å². The number of amides is 1. The molecule has 9 heteroatoms. The molecule has 1 aliphatic rings. The van der Waals surface area contributed by atoms with Crippen molar-refractivity contribution in [3.63, 3.8) is 0 Å². The van der Waals surface area contributed by atoms with Gasteiger partial charge in [-0.3, -0.25) is 9.59 Å². The normalized spacial score (nSPS) is 14.0. The summed E-state index contributed by atoms with van der Waals surface area (Å²) in [7, 11) is 0. The van der Waals surface area contributed by atoms with Gasteiger partial charge in [-0.05, 0) is 88.7 Å². The molecular weight excluding hydrogens is 574 g/mol. The number of aliphatic carboxylic acids is 1. The van der Waals surface area contributed by atoms with Crippen molar-refractivity contribution in [2.45, 2.75) is 44.4 Å². The second-order valence-corrected chi connectivity index (χ2v) is 11.2. The first kappa shape index (κ1) is 29.2. The number of hydrogen-bond donors (Lipinski definition) is 1. The van der Waals surface area contributed by atoms with Crippen molar-refractivity contribution in [2.24, 2.45) is 0 Å². The van der Waals surface area contributed by atoms with Crippen LogP contribution in [0.25, 0.3) is 21.9 Å². The lowest BCUT2D eigenvalue weighted by Gasteiger charge is -2.24. The molecule has 5 nitrogen and oxygen atoms in total. The van der Waals surface area contributed by atoms with Crippen LogP contribution in [0.3, 0.4) is 0 Å². The third-order valence-electron chi connectivity index (χ3n) is 8.20. The number of halogens is 4. The average Bonchev–Trinajstić information content (AvgIpc) is 3.67. The number of nitrogens with zero attached hydrogens (tertiary/aromatic N) is 1. The Labute approximate surface area is 250 Å². The molecule has 0 spiro atoms. The minimum atomic E-state index is -4.66. The highest BCUT2D eigenvalue weighted by Gasteiger charge is 2.52. The summed E-state index contributed by atoms with van der Waals surface area (Å²) in [5.74, 6) is -3.04. The van der Waals surface area contributed by atoms with E-state index in [-0.39, 0.29) is 24.8 Å². The summed E-state index contributed by atoms with van der Waals surface area (Å²) in [6, 6.07) is 24.5. The van der Waals surface area contributed by atoms with E-state index in [1.54, 1.807) is 30.3 Å². The molecular formula is C35H27F4NO4. The molecule has 1 aliphatic carbocycles. The summed E-state index contributed by atoms with van der Waals surface area (Å²) >= 11 is 0. The Balaban J connectivity index is 1.32. The SMILES string of the molecule is Cc1ccc2ccccc2c1C(=O)N(Cc1ccc(-c2cc(F)cc(C3(C(=O)O)CC3)c2)cc1)Cc1ccc(C(F)(F)F)o1. The Morgan fingerprint density at radius 3 is 2.27 bits per heavy atom. The highest BCUT2D eigenvalue weighted by molar-refractivity contribution is 6.08. The van der Waals surface area contributed by atoms with Gasteiger partial charge < -0.3 is 14.4 Å². The Bertz CT molecular complexity index is 1890. The maximum absolute atomic E-state index is 14.5. The van der Waals surface area contributed by atoms with Crippen LogP contribution in [0.4, 0.5) is 17.6 Å². The Kier molecular flexibility index (Phi) is 7.27. The van der Waals surface area contributed by atoms with Crippen molar-refractivity contribution < 1.29 is 36.7 Å². The molecule has 5 aromatic rings. The van der Waals surface area contributed by atoms with Crippen LogP contribution >= 0.6 is 0 Å². The maximum Gasteiger partial charge on any atom is 0.449 e. The number of rotatable bonds is 8. The lowest BCUT2D eigenvalue weighted by Crippen LogP contribution is -2.30. The molecule has 0 radical (unpaired) electrons. The number of hydrogen-bond acceptors (Lipinski definition) is 3. The van der Waals surface area contributed by atoms with E-state index in [0.29, 0.717) is 40.7 Å². The number of furan rings is 1. The zero-order valence-corrected chi connectivity index (χ0v) is 23.6. The summed E-state index contributed by atoms with van der Waals surface area (Å²) in [6.45, 7) is 1.66. The highest BCUT2D eigenvalue weighted by Crippen LogP contribution is 2.49. The molecule has 6 rings (SSSR count). The highest BCUT2D eigenvalue weighted by atomic mass is 19.4. The van der Waals surface area contributed by atoms with E-state index in [1.807, 2.05) is 43.3 Å². The summed E-state index contributed by atoms with van der Waals surface area (Å²) in [4.78, 5) is 27.3. The molecule has 1 amide bonds. The first-order chi connectivity index (χ1) is 20.9. The van der Waals surface area contributed by atoms with Gasteiger partial charge in [0, 0.05) is 6.54 Å². The smallest absolute Gasteiger partial charge is 0.449 e. The molecule has 0 saturated heterocycles. The van der Waals surface area contributed by atoms with Crippen LogP contribution < -0.4 is 0 Å². The summed E-state index contributed by atoms with van der Waals surface area (Å²) in [5, 5.41) is 11.2. The Morgan fingerprint density at radius 2 is 1.61 bits per heavy atom. The number of carbonyl (C=O) groups is 2. The molecule has 0 atom stereocenters. The first-order valence-corrected chi connectivity index (χ1v) is 14.0. The largest absolute Gasteiger partial charge is 0.481 e. The summed E-state index contributed by atoms with van der Waals surface area (Å²) in [6.07, 6.45) is -3.76. The quantitative estimate of drug-likeness (QED) is 0.181.